The molecule has 5 heteroatoms. The Bertz CT molecular complexity index is 348. The van der Waals surface area contributed by atoms with E-state index >= 15 is 0 Å². The van der Waals surface area contributed by atoms with Gasteiger partial charge in [-0.15, -0.1) is 0 Å². The van der Waals surface area contributed by atoms with Gasteiger partial charge < -0.3 is 10.4 Å². The molecule has 2 N–H and O–H groups in total. The van der Waals surface area contributed by atoms with Gasteiger partial charge in [-0.2, -0.15) is 0 Å². The predicted molar refractivity (Wildman–Crippen MR) is 53.2 cm³/mol. The van der Waals surface area contributed by atoms with Crippen LogP contribution in [-0.2, 0) is 6.54 Å². The molecule has 0 amide bonds. The van der Waals surface area contributed by atoms with Crippen molar-refractivity contribution in [2.75, 3.05) is 13.6 Å². The lowest BCUT2D eigenvalue weighted by molar-refractivity contribution is 0.152. The molecule has 1 aromatic heterocycles. The number of rotatable bonds is 4. The number of likely N-dealkylation sites (N-methyl/N-ethyl adjacent to an activating group) is 1. The molecule has 0 fully saturated rings. The minimum absolute atomic E-state index is 0.272. The van der Waals surface area contributed by atoms with Gasteiger partial charge in [0.05, 0.1) is 12.6 Å². The Balaban J connectivity index is 2.75. The lowest BCUT2D eigenvalue weighted by atomic mass is 10.3. The van der Waals surface area contributed by atoms with Gasteiger partial charge in [-0.05, 0) is 19.5 Å². The third-order valence-electron chi connectivity index (χ3n) is 1.83. The van der Waals surface area contributed by atoms with Crippen molar-refractivity contribution in [3.63, 3.8) is 0 Å². The molecule has 78 valence electrons. The van der Waals surface area contributed by atoms with Crippen LogP contribution in [0.3, 0.4) is 0 Å². The highest BCUT2D eigenvalue weighted by molar-refractivity contribution is 4.99. The second-order valence-corrected chi connectivity index (χ2v) is 3.28. The Morgan fingerprint density at radius 2 is 2.43 bits per heavy atom. The van der Waals surface area contributed by atoms with Gasteiger partial charge in [0, 0.05) is 18.9 Å². The molecule has 1 rings (SSSR count). The number of aliphatic hydroxyl groups excluding tert-OH is 1. The van der Waals surface area contributed by atoms with Crippen molar-refractivity contribution in [2.45, 2.75) is 19.6 Å². The molecule has 1 heterocycles. The largest absolute Gasteiger partial charge is 0.390 e. The van der Waals surface area contributed by atoms with Gasteiger partial charge in [0.1, 0.15) is 0 Å². The van der Waals surface area contributed by atoms with Gasteiger partial charge in [-0.3, -0.25) is 4.57 Å². The zero-order valence-corrected chi connectivity index (χ0v) is 8.40. The minimum atomic E-state index is -0.568. The first-order valence-corrected chi connectivity index (χ1v) is 4.49. The third kappa shape index (κ3) is 2.93. The molecule has 0 spiro atoms. The molecule has 0 aliphatic heterocycles. The van der Waals surface area contributed by atoms with Gasteiger partial charge in [0.15, 0.2) is 0 Å². The summed E-state index contributed by atoms with van der Waals surface area (Å²) in [4.78, 5) is 14.9. The minimum Gasteiger partial charge on any atom is -0.390 e. The average Bonchev–Trinajstić information content (AvgIpc) is 2.12. The highest BCUT2D eigenvalue weighted by atomic mass is 16.3. The van der Waals surface area contributed by atoms with Crippen LogP contribution in [0.4, 0.5) is 0 Å². The monoisotopic (exact) mass is 197 g/mol. The predicted octanol–water partition coefficient (Wildman–Crippen LogP) is -0.868. The van der Waals surface area contributed by atoms with E-state index < -0.39 is 6.10 Å². The fraction of sp³-hybridized carbons (Fsp3) is 0.556. The number of hydrogen-bond acceptors (Lipinski definition) is 4. The maximum atomic E-state index is 11.2. The normalized spacial score (nSPS) is 12.8. The van der Waals surface area contributed by atoms with Gasteiger partial charge in [0.2, 0.25) is 0 Å². The molecule has 14 heavy (non-hydrogen) atoms. The standard InChI is InChI=1S/C9H15N3O2/c1-7-3-11-9(14)12(5-7)6-8(13)4-10-2/h3,5,8,10,13H,4,6H2,1-2H3. The van der Waals surface area contributed by atoms with E-state index in [0.29, 0.717) is 6.54 Å². The van der Waals surface area contributed by atoms with Crippen LogP contribution in [0.25, 0.3) is 0 Å². The molecule has 0 aromatic carbocycles. The molecule has 1 aromatic rings. The summed E-state index contributed by atoms with van der Waals surface area (Å²) in [5.74, 6) is 0. The van der Waals surface area contributed by atoms with Crippen LogP contribution in [0, 0.1) is 6.92 Å². The van der Waals surface area contributed by atoms with Crippen molar-refractivity contribution in [2.24, 2.45) is 0 Å². The molecule has 5 nitrogen and oxygen atoms in total. The van der Waals surface area contributed by atoms with Gasteiger partial charge >= 0.3 is 5.69 Å². The first-order chi connectivity index (χ1) is 6.63. The van der Waals surface area contributed by atoms with E-state index in [2.05, 4.69) is 10.3 Å². The van der Waals surface area contributed by atoms with Crippen molar-refractivity contribution < 1.29 is 5.11 Å². The smallest absolute Gasteiger partial charge is 0.347 e. The maximum absolute atomic E-state index is 11.2. The van der Waals surface area contributed by atoms with Gasteiger partial charge in [-0.25, -0.2) is 9.78 Å². The molecule has 0 saturated heterocycles. The van der Waals surface area contributed by atoms with E-state index in [-0.39, 0.29) is 12.2 Å². The lowest BCUT2D eigenvalue weighted by Gasteiger charge is -2.11. The van der Waals surface area contributed by atoms with Crippen LogP contribution in [0.5, 0.6) is 0 Å². The van der Waals surface area contributed by atoms with E-state index in [0.717, 1.165) is 5.56 Å². The highest BCUT2D eigenvalue weighted by Crippen LogP contribution is 1.92. The Morgan fingerprint density at radius 3 is 3.07 bits per heavy atom. The van der Waals surface area contributed by atoms with E-state index in [1.54, 1.807) is 13.2 Å². The summed E-state index contributed by atoms with van der Waals surface area (Å²) in [7, 11) is 1.75. The summed E-state index contributed by atoms with van der Waals surface area (Å²) in [6, 6.07) is 0. The second kappa shape index (κ2) is 4.88. The van der Waals surface area contributed by atoms with E-state index in [1.807, 2.05) is 6.92 Å². The topological polar surface area (TPSA) is 67.2 Å². The zero-order valence-electron chi connectivity index (χ0n) is 8.40. The van der Waals surface area contributed by atoms with Crippen LogP contribution in [-0.4, -0.2) is 34.4 Å². The number of hydrogen-bond donors (Lipinski definition) is 2. The molecule has 0 saturated carbocycles. The van der Waals surface area contributed by atoms with Crippen LogP contribution < -0.4 is 11.0 Å². The van der Waals surface area contributed by atoms with Gasteiger partial charge in [0.25, 0.3) is 0 Å². The molecule has 0 aliphatic rings. The van der Waals surface area contributed by atoms with Gasteiger partial charge in [-0.1, -0.05) is 0 Å². The molecular weight excluding hydrogens is 182 g/mol. The Kier molecular flexibility index (Phi) is 3.79. The lowest BCUT2D eigenvalue weighted by Crippen LogP contribution is -2.33. The van der Waals surface area contributed by atoms with Crippen LogP contribution in [0.1, 0.15) is 5.56 Å². The molecular formula is C9H15N3O2. The number of nitrogens with zero attached hydrogens (tertiary/aromatic N) is 2. The van der Waals surface area contributed by atoms with Crippen molar-refractivity contribution >= 4 is 0 Å². The number of aliphatic hydroxyl groups is 1. The zero-order chi connectivity index (χ0) is 10.6. The third-order valence-corrected chi connectivity index (χ3v) is 1.83. The second-order valence-electron chi connectivity index (χ2n) is 3.28. The Hall–Kier alpha value is -1.20. The molecule has 0 aliphatic carbocycles. The van der Waals surface area contributed by atoms with E-state index in [1.165, 1.54) is 10.8 Å². The highest BCUT2D eigenvalue weighted by Gasteiger charge is 2.05. The summed E-state index contributed by atoms with van der Waals surface area (Å²) < 4.78 is 1.41. The fourth-order valence-corrected chi connectivity index (χ4v) is 1.22. The first-order valence-electron chi connectivity index (χ1n) is 4.49. The van der Waals surface area contributed by atoms with Crippen molar-refractivity contribution in [3.05, 3.63) is 28.4 Å². The number of nitrogens with one attached hydrogen (secondary N) is 1. The number of aryl methyl sites for hydroxylation is 1. The van der Waals surface area contributed by atoms with Crippen molar-refractivity contribution in [1.82, 2.24) is 14.9 Å². The Morgan fingerprint density at radius 1 is 1.71 bits per heavy atom. The van der Waals surface area contributed by atoms with Crippen LogP contribution in [0.15, 0.2) is 17.2 Å². The Labute approximate surface area is 82.4 Å². The molecule has 0 radical (unpaired) electrons. The maximum Gasteiger partial charge on any atom is 0.347 e. The summed E-state index contributed by atoms with van der Waals surface area (Å²) in [6.45, 7) is 2.59. The fourth-order valence-electron chi connectivity index (χ4n) is 1.22. The van der Waals surface area contributed by atoms with Crippen molar-refractivity contribution in [1.29, 1.82) is 0 Å². The van der Waals surface area contributed by atoms with Crippen molar-refractivity contribution in [3.8, 4) is 0 Å². The summed E-state index contributed by atoms with van der Waals surface area (Å²) in [6.07, 6.45) is 2.64. The number of aromatic nitrogens is 2. The van der Waals surface area contributed by atoms with E-state index in [4.69, 9.17) is 0 Å². The SMILES string of the molecule is CNCC(O)Cn1cc(C)cnc1=O. The molecule has 0 bridgehead atoms. The van der Waals surface area contributed by atoms with E-state index in [9.17, 15) is 9.90 Å². The summed E-state index contributed by atoms with van der Waals surface area (Å²) in [5, 5.41) is 12.3. The van der Waals surface area contributed by atoms with Crippen LogP contribution >= 0.6 is 0 Å². The molecule has 1 atom stereocenters. The average molecular weight is 197 g/mol. The first kappa shape index (κ1) is 10.9. The quantitative estimate of drug-likeness (QED) is 0.658. The summed E-state index contributed by atoms with van der Waals surface area (Å²) in [5.41, 5.74) is 0.576. The molecule has 1 unspecified atom stereocenters. The van der Waals surface area contributed by atoms with Crippen LogP contribution in [0.2, 0.25) is 0 Å². The summed E-state index contributed by atoms with van der Waals surface area (Å²) >= 11 is 0.